The number of furan rings is 1. The first kappa shape index (κ1) is 22.0. The molecule has 2 atom stereocenters. The predicted octanol–water partition coefficient (Wildman–Crippen LogP) is 3.24. The molecule has 0 aliphatic carbocycles. The molecule has 2 aliphatic heterocycles. The number of halogens is 4. The highest BCUT2D eigenvalue weighted by molar-refractivity contribution is 6.36. The van der Waals surface area contributed by atoms with Crippen LogP contribution >= 0.6 is 11.6 Å². The van der Waals surface area contributed by atoms with E-state index in [0.717, 1.165) is 24.3 Å². The van der Waals surface area contributed by atoms with Crippen molar-refractivity contribution in [1.82, 2.24) is 20.0 Å². The highest BCUT2D eigenvalue weighted by Crippen LogP contribution is 2.46. The molecule has 2 aromatic heterocycles. The maximum Gasteiger partial charge on any atom is 0.410 e. The third kappa shape index (κ3) is 4.83. The average molecular weight is 462 g/mol. The Hall–Kier alpha value is -2.24. The van der Waals surface area contributed by atoms with Crippen molar-refractivity contribution in [2.45, 2.75) is 31.1 Å². The number of anilines is 1. The van der Waals surface area contributed by atoms with Gasteiger partial charge in [0, 0.05) is 26.1 Å². The molecule has 0 unspecified atom stereocenters. The molecular weight excluding hydrogens is 439 g/mol. The molecule has 31 heavy (non-hydrogen) atoms. The van der Waals surface area contributed by atoms with Gasteiger partial charge in [-0.3, -0.25) is 9.69 Å². The number of amides is 1. The van der Waals surface area contributed by atoms with Gasteiger partial charge < -0.3 is 19.8 Å². The summed E-state index contributed by atoms with van der Waals surface area (Å²) in [5.41, 5.74) is -0.232. The fourth-order valence-corrected chi connectivity index (χ4v) is 4.09. The van der Waals surface area contributed by atoms with Crippen molar-refractivity contribution >= 4 is 23.3 Å². The Bertz CT molecular complexity index is 896. The number of aromatic nitrogens is 2. The number of nitrogens with zero attached hydrogens (tertiary/aromatic N) is 3. The summed E-state index contributed by atoms with van der Waals surface area (Å²) < 4.78 is 52.5. The second kappa shape index (κ2) is 9.09. The molecule has 1 amide bonds. The molecule has 8 nitrogen and oxygen atoms in total. The van der Waals surface area contributed by atoms with E-state index in [0.29, 0.717) is 31.9 Å². The summed E-state index contributed by atoms with van der Waals surface area (Å²) in [7, 11) is 0. The number of rotatable bonds is 6. The van der Waals surface area contributed by atoms with E-state index >= 15 is 0 Å². The van der Waals surface area contributed by atoms with Crippen molar-refractivity contribution in [3.8, 4) is 0 Å². The molecule has 0 spiro atoms. The lowest BCUT2D eigenvalue weighted by Gasteiger charge is -2.32. The number of ether oxygens (including phenoxy) is 1. The molecule has 4 rings (SSSR count). The molecule has 170 valence electrons. The first-order chi connectivity index (χ1) is 14.8. The lowest BCUT2D eigenvalue weighted by atomic mass is 10.0. The van der Waals surface area contributed by atoms with Crippen molar-refractivity contribution < 1.29 is 27.1 Å². The van der Waals surface area contributed by atoms with Crippen LogP contribution < -0.4 is 10.6 Å². The highest BCUT2D eigenvalue weighted by atomic mass is 35.5. The summed E-state index contributed by atoms with van der Waals surface area (Å²) in [6.45, 7) is 4.21. The predicted molar refractivity (Wildman–Crippen MR) is 106 cm³/mol. The van der Waals surface area contributed by atoms with Gasteiger partial charge in [0.25, 0.3) is 5.91 Å². The van der Waals surface area contributed by atoms with Crippen LogP contribution in [0.5, 0.6) is 0 Å². The van der Waals surface area contributed by atoms with Crippen molar-refractivity contribution in [1.29, 1.82) is 0 Å². The number of carbonyl (C=O) groups is 1. The van der Waals surface area contributed by atoms with Crippen molar-refractivity contribution in [2.75, 3.05) is 44.7 Å². The van der Waals surface area contributed by atoms with Crippen LogP contribution in [-0.2, 0) is 4.74 Å². The van der Waals surface area contributed by atoms with E-state index in [-0.39, 0.29) is 23.0 Å². The van der Waals surface area contributed by atoms with Crippen LogP contribution in [0.25, 0.3) is 0 Å². The molecule has 12 heteroatoms. The summed E-state index contributed by atoms with van der Waals surface area (Å²) in [5, 5.41) is 9.40. The second-order valence-corrected chi connectivity index (χ2v) is 7.90. The molecule has 0 radical (unpaired) electrons. The minimum atomic E-state index is -4.57. The third-order valence-electron chi connectivity index (χ3n) is 5.44. The molecule has 4 heterocycles. The Morgan fingerprint density at radius 2 is 2.13 bits per heavy atom. The monoisotopic (exact) mass is 461 g/mol. The summed E-state index contributed by atoms with van der Waals surface area (Å²) >= 11 is 6.29. The van der Waals surface area contributed by atoms with Gasteiger partial charge in [0.15, 0.2) is 11.7 Å². The molecule has 0 saturated carbocycles. The largest absolute Gasteiger partial charge is 0.467 e. The van der Waals surface area contributed by atoms with E-state index in [9.17, 15) is 18.0 Å². The first-order valence-corrected chi connectivity index (χ1v) is 10.5. The number of nitrogens with one attached hydrogen (secondary N) is 2. The number of hydrogen-bond donors (Lipinski definition) is 2. The van der Waals surface area contributed by atoms with Crippen molar-refractivity contribution in [2.24, 2.45) is 0 Å². The number of hydrogen-bond acceptors (Lipinski definition) is 6. The number of alkyl halides is 3. The number of fused-ring (bicyclic) bond motifs is 1. The van der Waals surface area contributed by atoms with Crippen LogP contribution in [0.4, 0.5) is 19.0 Å². The van der Waals surface area contributed by atoms with Crippen LogP contribution in [-0.4, -0.2) is 66.2 Å². The van der Waals surface area contributed by atoms with Crippen LogP contribution in [0.3, 0.4) is 0 Å². The Balaban J connectivity index is 1.45. The third-order valence-corrected chi connectivity index (χ3v) is 5.80. The van der Waals surface area contributed by atoms with Crippen molar-refractivity contribution in [3.63, 3.8) is 0 Å². The quantitative estimate of drug-likeness (QED) is 0.642. The number of carbonyl (C=O) groups excluding carboxylic acids is 1. The van der Waals surface area contributed by atoms with E-state index < -0.39 is 24.2 Å². The standard InChI is InChI=1S/C19H23ClF3N5O3/c20-15-16(18(29)24-4-2-5-27-6-9-30-10-7-27)26-28-14(19(21,22)23)11-12(25-17(15)28)13-3-1-8-31-13/h1,3,8,12,14,25H,2,4-7,9-11H2,(H,24,29)/t12-,14-/m0/s1. The fourth-order valence-electron chi connectivity index (χ4n) is 3.82. The highest BCUT2D eigenvalue weighted by Gasteiger charge is 2.48. The lowest BCUT2D eigenvalue weighted by molar-refractivity contribution is -0.174. The van der Waals surface area contributed by atoms with Crippen LogP contribution in [0.2, 0.25) is 5.02 Å². The summed E-state index contributed by atoms with van der Waals surface area (Å²) in [6.07, 6.45) is -2.81. The molecular formula is C19H23ClF3N5O3. The number of morpholine rings is 1. The van der Waals surface area contributed by atoms with Gasteiger partial charge in [-0.1, -0.05) is 11.6 Å². The van der Waals surface area contributed by atoms with Gasteiger partial charge in [-0.15, -0.1) is 0 Å². The summed E-state index contributed by atoms with van der Waals surface area (Å²) in [6, 6.07) is 0.516. The van der Waals surface area contributed by atoms with E-state index in [1.54, 1.807) is 12.1 Å². The van der Waals surface area contributed by atoms with E-state index in [2.05, 4.69) is 20.6 Å². The van der Waals surface area contributed by atoms with Crippen LogP contribution in [0, 0.1) is 0 Å². The summed E-state index contributed by atoms with van der Waals surface area (Å²) in [5.74, 6) is -0.298. The van der Waals surface area contributed by atoms with Gasteiger partial charge in [-0.25, -0.2) is 4.68 Å². The van der Waals surface area contributed by atoms with Crippen LogP contribution in [0.15, 0.2) is 22.8 Å². The SMILES string of the molecule is O=C(NCCCN1CCOCC1)c1nn2c(c1Cl)N[C@H](c1ccco1)C[C@H]2C(F)(F)F. The Kier molecular flexibility index (Phi) is 6.44. The van der Waals surface area contributed by atoms with Gasteiger partial charge in [0.2, 0.25) is 0 Å². The summed E-state index contributed by atoms with van der Waals surface area (Å²) in [4.78, 5) is 14.8. The molecule has 1 fully saturated rings. The molecule has 2 aromatic rings. The maximum absolute atomic E-state index is 13.7. The second-order valence-electron chi connectivity index (χ2n) is 7.52. The van der Waals surface area contributed by atoms with Gasteiger partial charge in [-0.2, -0.15) is 18.3 Å². The van der Waals surface area contributed by atoms with E-state index in [4.69, 9.17) is 20.8 Å². The lowest BCUT2D eigenvalue weighted by Crippen LogP contribution is -2.38. The van der Waals surface area contributed by atoms with E-state index in [1.807, 2.05) is 0 Å². The first-order valence-electron chi connectivity index (χ1n) is 10.1. The normalized spacial score (nSPS) is 22.1. The Morgan fingerprint density at radius 1 is 1.35 bits per heavy atom. The van der Waals surface area contributed by atoms with Gasteiger partial charge in [0.05, 0.1) is 25.5 Å². The topological polar surface area (TPSA) is 84.6 Å². The van der Waals surface area contributed by atoms with Gasteiger partial charge in [0.1, 0.15) is 16.6 Å². The Labute approximate surface area is 181 Å². The molecule has 1 saturated heterocycles. The maximum atomic E-state index is 13.7. The minimum Gasteiger partial charge on any atom is -0.467 e. The zero-order valence-electron chi connectivity index (χ0n) is 16.6. The Morgan fingerprint density at radius 3 is 2.81 bits per heavy atom. The van der Waals surface area contributed by atoms with Crippen molar-refractivity contribution in [3.05, 3.63) is 34.9 Å². The van der Waals surface area contributed by atoms with Crippen LogP contribution in [0.1, 0.15) is 41.2 Å². The van der Waals surface area contributed by atoms with Gasteiger partial charge in [-0.05, 0) is 25.1 Å². The molecule has 0 bridgehead atoms. The van der Waals surface area contributed by atoms with E-state index in [1.165, 1.54) is 6.26 Å². The molecule has 2 aliphatic rings. The van der Waals surface area contributed by atoms with Gasteiger partial charge >= 0.3 is 6.18 Å². The fraction of sp³-hybridized carbons (Fsp3) is 0.579. The minimum absolute atomic E-state index is 0.0462. The average Bonchev–Trinajstić information content (AvgIpc) is 3.39. The molecule has 0 aromatic carbocycles. The smallest absolute Gasteiger partial charge is 0.410 e. The zero-order chi connectivity index (χ0) is 22.0. The molecule has 2 N–H and O–H groups in total. The zero-order valence-corrected chi connectivity index (χ0v) is 17.4.